The lowest BCUT2D eigenvalue weighted by Crippen LogP contribution is -2.33. The number of rotatable bonds is 5. The molecule has 0 saturated carbocycles. The van der Waals surface area contributed by atoms with Crippen LogP contribution < -0.4 is 5.32 Å². The summed E-state index contributed by atoms with van der Waals surface area (Å²) in [6.45, 7) is 3.88. The normalized spacial score (nSPS) is 10.7. The summed E-state index contributed by atoms with van der Waals surface area (Å²) in [5.41, 5.74) is 2.52. The molecule has 2 heterocycles. The average molecular weight is 369 g/mol. The van der Waals surface area contributed by atoms with E-state index in [1.165, 1.54) is 11.8 Å². The van der Waals surface area contributed by atoms with Crippen LogP contribution in [0.25, 0.3) is 5.69 Å². The van der Waals surface area contributed by atoms with Crippen molar-refractivity contribution in [1.82, 2.24) is 24.6 Å². The maximum atomic E-state index is 12.1. The molecule has 0 fully saturated rings. The molecule has 0 aliphatic heterocycles. The van der Waals surface area contributed by atoms with Gasteiger partial charge in [-0.2, -0.15) is 0 Å². The number of thioether (sulfide) groups is 1. The summed E-state index contributed by atoms with van der Waals surface area (Å²) >= 11 is 1.24. The zero-order chi connectivity index (χ0) is 18.7. The lowest BCUT2D eigenvalue weighted by molar-refractivity contribution is -0.117. The fourth-order valence-corrected chi connectivity index (χ4v) is 3.28. The molecule has 2 amide bonds. The van der Waals surface area contributed by atoms with Gasteiger partial charge in [-0.25, -0.2) is 0 Å². The molecular formula is C18H19N5O2S. The Labute approximate surface area is 155 Å². The minimum absolute atomic E-state index is 0.0696. The van der Waals surface area contributed by atoms with Crippen LogP contribution in [0.3, 0.4) is 0 Å². The van der Waals surface area contributed by atoms with Crippen molar-refractivity contribution in [2.24, 2.45) is 7.05 Å². The molecule has 1 N–H and O–H groups in total. The third-order valence-electron chi connectivity index (χ3n) is 3.85. The van der Waals surface area contributed by atoms with Gasteiger partial charge in [-0.3, -0.25) is 19.5 Å². The molecule has 0 unspecified atom stereocenters. The number of hydrogen-bond donors (Lipinski definition) is 1. The van der Waals surface area contributed by atoms with Crippen molar-refractivity contribution < 1.29 is 9.59 Å². The highest BCUT2D eigenvalue weighted by Crippen LogP contribution is 2.22. The van der Waals surface area contributed by atoms with Crippen molar-refractivity contribution in [3.8, 4) is 5.69 Å². The second-order valence-electron chi connectivity index (χ2n) is 5.87. The number of nitrogens with one attached hydrogen (secondary N) is 1. The largest absolute Gasteiger partial charge is 0.347 e. The monoisotopic (exact) mass is 369 g/mol. The van der Waals surface area contributed by atoms with Gasteiger partial charge in [0.25, 0.3) is 5.91 Å². The topological polar surface area (TPSA) is 81.8 Å². The Bertz CT molecular complexity index is 943. The summed E-state index contributed by atoms with van der Waals surface area (Å²) in [7, 11) is 1.75. The number of amides is 2. The van der Waals surface area contributed by atoms with E-state index < -0.39 is 5.91 Å². The quantitative estimate of drug-likeness (QED) is 0.698. The van der Waals surface area contributed by atoms with Crippen molar-refractivity contribution in [3.63, 3.8) is 0 Å². The standard InChI is InChI=1S/C18H19N5O2S/c1-12-6-8-14(9-7-12)23-13(2)20-21-18(23)26-11-16(24)19-17(25)15-5-4-10-22(15)3/h4-10H,11H2,1-3H3,(H,19,24,25). The Morgan fingerprint density at radius 3 is 2.50 bits per heavy atom. The SMILES string of the molecule is Cc1ccc(-n2c(C)nnc2SCC(=O)NC(=O)c2cccn2C)cc1. The maximum absolute atomic E-state index is 12.1. The first kappa shape index (κ1) is 17.9. The minimum atomic E-state index is -0.417. The Morgan fingerprint density at radius 1 is 1.12 bits per heavy atom. The third-order valence-corrected chi connectivity index (χ3v) is 4.78. The summed E-state index contributed by atoms with van der Waals surface area (Å²) in [4.78, 5) is 24.2. The van der Waals surface area contributed by atoms with Gasteiger partial charge < -0.3 is 4.57 Å². The number of carbonyl (C=O) groups is 2. The molecule has 3 rings (SSSR count). The molecule has 8 heteroatoms. The first-order chi connectivity index (χ1) is 12.5. The van der Waals surface area contributed by atoms with E-state index in [0.717, 1.165) is 17.1 Å². The van der Waals surface area contributed by atoms with Crippen molar-refractivity contribution in [3.05, 3.63) is 59.7 Å². The summed E-state index contributed by atoms with van der Waals surface area (Å²) in [6.07, 6.45) is 1.75. The predicted octanol–water partition coefficient (Wildman–Crippen LogP) is 2.27. The van der Waals surface area contributed by atoms with Crippen LogP contribution >= 0.6 is 11.8 Å². The van der Waals surface area contributed by atoms with Crippen LogP contribution in [-0.2, 0) is 11.8 Å². The molecule has 0 atom stereocenters. The van der Waals surface area contributed by atoms with Crippen LogP contribution in [0.2, 0.25) is 0 Å². The predicted molar refractivity (Wildman–Crippen MR) is 99.4 cm³/mol. The van der Waals surface area contributed by atoms with Crippen LogP contribution in [0.4, 0.5) is 0 Å². The molecule has 0 bridgehead atoms. The van der Waals surface area contributed by atoms with Crippen LogP contribution in [0.5, 0.6) is 0 Å². The Kier molecular flexibility index (Phi) is 5.22. The number of aryl methyl sites for hydroxylation is 3. The maximum Gasteiger partial charge on any atom is 0.274 e. The van der Waals surface area contributed by atoms with Crippen LogP contribution in [-0.4, -0.2) is 36.9 Å². The van der Waals surface area contributed by atoms with E-state index in [9.17, 15) is 9.59 Å². The fourth-order valence-electron chi connectivity index (χ4n) is 2.48. The van der Waals surface area contributed by atoms with E-state index in [4.69, 9.17) is 0 Å². The highest BCUT2D eigenvalue weighted by molar-refractivity contribution is 7.99. The lowest BCUT2D eigenvalue weighted by atomic mass is 10.2. The zero-order valence-electron chi connectivity index (χ0n) is 14.8. The minimum Gasteiger partial charge on any atom is -0.347 e. The van der Waals surface area contributed by atoms with E-state index in [0.29, 0.717) is 10.9 Å². The van der Waals surface area contributed by atoms with Gasteiger partial charge in [0.15, 0.2) is 5.16 Å². The van der Waals surface area contributed by atoms with Gasteiger partial charge in [0.2, 0.25) is 5.91 Å². The van der Waals surface area contributed by atoms with Crippen molar-refractivity contribution >= 4 is 23.6 Å². The van der Waals surface area contributed by atoms with Crippen LogP contribution in [0.15, 0.2) is 47.8 Å². The summed E-state index contributed by atoms with van der Waals surface area (Å²) in [5, 5.41) is 11.2. The number of benzene rings is 1. The van der Waals surface area contributed by atoms with Crippen molar-refractivity contribution in [1.29, 1.82) is 0 Å². The van der Waals surface area contributed by atoms with E-state index >= 15 is 0 Å². The van der Waals surface area contributed by atoms with Gasteiger partial charge in [-0.15, -0.1) is 10.2 Å². The third kappa shape index (κ3) is 3.85. The highest BCUT2D eigenvalue weighted by Gasteiger charge is 2.16. The van der Waals surface area contributed by atoms with E-state index in [2.05, 4.69) is 15.5 Å². The molecule has 3 aromatic rings. The molecule has 0 aliphatic rings. The molecule has 1 aromatic carbocycles. The summed E-state index contributed by atoms with van der Waals surface area (Å²) in [5.74, 6) is 0.00779. The smallest absolute Gasteiger partial charge is 0.274 e. The fraction of sp³-hybridized carbons (Fsp3) is 0.222. The van der Waals surface area contributed by atoms with Gasteiger partial charge in [-0.05, 0) is 38.1 Å². The molecule has 7 nitrogen and oxygen atoms in total. The molecule has 0 aliphatic carbocycles. The number of imide groups is 1. The molecule has 134 valence electrons. The Morgan fingerprint density at radius 2 is 1.85 bits per heavy atom. The first-order valence-electron chi connectivity index (χ1n) is 8.03. The second-order valence-corrected chi connectivity index (χ2v) is 6.81. The first-order valence-corrected chi connectivity index (χ1v) is 9.01. The number of carbonyl (C=O) groups excluding carboxylic acids is 2. The number of hydrogen-bond acceptors (Lipinski definition) is 5. The average Bonchev–Trinajstić information content (AvgIpc) is 3.19. The highest BCUT2D eigenvalue weighted by atomic mass is 32.2. The number of nitrogens with zero attached hydrogens (tertiary/aromatic N) is 4. The molecule has 0 radical (unpaired) electrons. The summed E-state index contributed by atoms with van der Waals surface area (Å²) in [6, 6.07) is 11.4. The van der Waals surface area contributed by atoms with Crippen LogP contribution in [0, 0.1) is 13.8 Å². The number of aromatic nitrogens is 4. The van der Waals surface area contributed by atoms with Crippen LogP contribution in [0.1, 0.15) is 21.9 Å². The molecule has 2 aromatic heterocycles. The second kappa shape index (κ2) is 7.57. The Hall–Kier alpha value is -2.87. The summed E-state index contributed by atoms with van der Waals surface area (Å²) < 4.78 is 3.55. The molecule has 0 spiro atoms. The van der Waals surface area contributed by atoms with Crippen molar-refractivity contribution in [2.75, 3.05) is 5.75 Å². The van der Waals surface area contributed by atoms with E-state index in [1.54, 1.807) is 29.9 Å². The lowest BCUT2D eigenvalue weighted by Gasteiger charge is -2.09. The van der Waals surface area contributed by atoms with Gasteiger partial charge in [0.05, 0.1) is 5.75 Å². The molecular weight excluding hydrogens is 350 g/mol. The molecule has 0 saturated heterocycles. The van der Waals surface area contributed by atoms with Gasteiger partial charge in [-0.1, -0.05) is 29.5 Å². The van der Waals surface area contributed by atoms with Gasteiger partial charge in [0, 0.05) is 18.9 Å². The molecule has 26 heavy (non-hydrogen) atoms. The Balaban J connectivity index is 1.67. The van der Waals surface area contributed by atoms with E-state index in [1.807, 2.05) is 42.7 Å². The van der Waals surface area contributed by atoms with Crippen molar-refractivity contribution in [2.45, 2.75) is 19.0 Å². The van der Waals surface area contributed by atoms with E-state index in [-0.39, 0.29) is 11.7 Å². The van der Waals surface area contributed by atoms with Gasteiger partial charge in [0.1, 0.15) is 11.5 Å². The zero-order valence-corrected chi connectivity index (χ0v) is 15.6. The van der Waals surface area contributed by atoms with Gasteiger partial charge >= 0.3 is 0 Å².